The lowest BCUT2D eigenvalue weighted by Gasteiger charge is -1.85. The minimum absolute atomic E-state index is 0.505. The zero-order valence-corrected chi connectivity index (χ0v) is 6.71. The summed E-state index contributed by atoms with van der Waals surface area (Å²) in [5.74, 6) is 0. The highest BCUT2D eigenvalue weighted by molar-refractivity contribution is 6.29. The average molecular weight is 168 g/mol. The fourth-order valence-electron chi connectivity index (χ4n) is 0.998. The third-order valence-electron chi connectivity index (χ3n) is 1.44. The molecule has 0 saturated carbocycles. The SMILES string of the molecule is Cn1cc2nc(Cl)ccc2n1. The van der Waals surface area contributed by atoms with Crippen molar-refractivity contribution >= 4 is 22.6 Å². The van der Waals surface area contributed by atoms with Gasteiger partial charge in [0.2, 0.25) is 0 Å². The Hall–Kier alpha value is -1.09. The molecule has 0 aliphatic carbocycles. The summed E-state index contributed by atoms with van der Waals surface area (Å²) in [6.45, 7) is 0. The number of hydrogen-bond donors (Lipinski definition) is 0. The zero-order chi connectivity index (χ0) is 7.84. The molecule has 2 aromatic rings. The Morgan fingerprint density at radius 3 is 3.00 bits per heavy atom. The molecule has 2 rings (SSSR count). The van der Waals surface area contributed by atoms with Gasteiger partial charge in [0.05, 0.1) is 6.20 Å². The van der Waals surface area contributed by atoms with Crippen LogP contribution in [-0.2, 0) is 7.05 Å². The predicted octanol–water partition coefficient (Wildman–Crippen LogP) is 1.62. The number of fused-ring (bicyclic) bond motifs is 1. The topological polar surface area (TPSA) is 30.7 Å². The fourth-order valence-corrected chi connectivity index (χ4v) is 1.15. The van der Waals surface area contributed by atoms with Crippen LogP contribution in [0.5, 0.6) is 0 Å². The molecule has 0 N–H and O–H groups in total. The zero-order valence-electron chi connectivity index (χ0n) is 5.95. The predicted molar refractivity (Wildman–Crippen MR) is 43.5 cm³/mol. The Kier molecular flexibility index (Phi) is 1.32. The van der Waals surface area contributed by atoms with Gasteiger partial charge in [-0.3, -0.25) is 4.68 Å². The van der Waals surface area contributed by atoms with Gasteiger partial charge >= 0.3 is 0 Å². The molecule has 0 saturated heterocycles. The number of nitrogens with zero attached hydrogens (tertiary/aromatic N) is 3. The second kappa shape index (κ2) is 2.20. The van der Waals surface area contributed by atoms with Crippen molar-refractivity contribution in [3.05, 3.63) is 23.5 Å². The van der Waals surface area contributed by atoms with Crippen LogP contribution in [0.15, 0.2) is 18.3 Å². The molecule has 11 heavy (non-hydrogen) atoms. The number of hydrogen-bond acceptors (Lipinski definition) is 2. The van der Waals surface area contributed by atoms with Gasteiger partial charge in [-0.05, 0) is 12.1 Å². The second-order valence-electron chi connectivity index (χ2n) is 2.34. The maximum absolute atomic E-state index is 5.68. The van der Waals surface area contributed by atoms with E-state index in [1.54, 1.807) is 10.7 Å². The van der Waals surface area contributed by atoms with E-state index in [-0.39, 0.29) is 0 Å². The van der Waals surface area contributed by atoms with Crippen molar-refractivity contribution in [3.8, 4) is 0 Å². The molecule has 0 bridgehead atoms. The smallest absolute Gasteiger partial charge is 0.129 e. The first-order chi connectivity index (χ1) is 5.25. The Morgan fingerprint density at radius 2 is 2.18 bits per heavy atom. The summed E-state index contributed by atoms with van der Waals surface area (Å²) in [4.78, 5) is 4.08. The number of aryl methyl sites for hydroxylation is 1. The van der Waals surface area contributed by atoms with E-state index in [0.717, 1.165) is 11.0 Å². The Labute approximate surface area is 68.6 Å². The molecule has 4 heteroatoms. The van der Waals surface area contributed by atoms with E-state index < -0.39 is 0 Å². The largest absolute Gasteiger partial charge is 0.273 e. The molecule has 0 aromatic carbocycles. The van der Waals surface area contributed by atoms with Crippen LogP contribution in [0.1, 0.15) is 0 Å². The van der Waals surface area contributed by atoms with Crippen molar-refractivity contribution in [1.82, 2.24) is 14.8 Å². The summed E-state index contributed by atoms with van der Waals surface area (Å²) in [5.41, 5.74) is 1.71. The van der Waals surface area contributed by atoms with Crippen LogP contribution in [-0.4, -0.2) is 14.8 Å². The maximum atomic E-state index is 5.68. The molecular weight excluding hydrogens is 162 g/mol. The molecule has 3 nitrogen and oxygen atoms in total. The Balaban J connectivity index is 2.82. The van der Waals surface area contributed by atoms with Crippen molar-refractivity contribution < 1.29 is 0 Å². The van der Waals surface area contributed by atoms with Gasteiger partial charge in [0.25, 0.3) is 0 Å². The average Bonchev–Trinajstić information content (AvgIpc) is 2.27. The third-order valence-corrected chi connectivity index (χ3v) is 1.65. The third kappa shape index (κ3) is 1.07. The van der Waals surface area contributed by atoms with Crippen LogP contribution in [0.4, 0.5) is 0 Å². The number of rotatable bonds is 0. The molecule has 0 unspecified atom stereocenters. The molecule has 0 radical (unpaired) electrons. The maximum Gasteiger partial charge on any atom is 0.129 e. The standard InChI is InChI=1S/C7H6ClN3/c1-11-4-6-5(10-11)2-3-7(8)9-6/h2-4H,1H3. The molecule has 2 heterocycles. The van der Waals surface area contributed by atoms with Crippen molar-refractivity contribution in [2.75, 3.05) is 0 Å². The van der Waals surface area contributed by atoms with Crippen LogP contribution in [0, 0.1) is 0 Å². The lowest BCUT2D eigenvalue weighted by molar-refractivity contribution is 0.779. The summed E-state index contributed by atoms with van der Waals surface area (Å²) < 4.78 is 1.72. The van der Waals surface area contributed by atoms with E-state index in [0.29, 0.717) is 5.15 Å². The Morgan fingerprint density at radius 1 is 1.36 bits per heavy atom. The summed E-state index contributed by atoms with van der Waals surface area (Å²) in [6.07, 6.45) is 1.83. The fraction of sp³-hybridized carbons (Fsp3) is 0.143. The van der Waals surface area contributed by atoms with Crippen LogP contribution < -0.4 is 0 Å². The van der Waals surface area contributed by atoms with Gasteiger partial charge in [0, 0.05) is 7.05 Å². The van der Waals surface area contributed by atoms with Crippen LogP contribution >= 0.6 is 11.6 Å². The van der Waals surface area contributed by atoms with Crippen molar-refractivity contribution in [2.45, 2.75) is 0 Å². The molecule has 56 valence electrons. The number of halogens is 1. The van der Waals surface area contributed by atoms with Gasteiger partial charge < -0.3 is 0 Å². The van der Waals surface area contributed by atoms with Crippen LogP contribution in [0.3, 0.4) is 0 Å². The first-order valence-corrected chi connectivity index (χ1v) is 3.59. The normalized spacial score (nSPS) is 10.7. The summed E-state index contributed by atoms with van der Waals surface area (Å²) in [6, 6.07) is 3.58. The summed E-state index contributed by atoms with van der Waals surface area (Å²) >= 11 is 5.68. The lowest BCUT2D eigenvalue weighted by atomic mass is 10.4. The molecule has 2 aromatic heterocycles. The van der Waals surface area contributed by atoms with Gasteiger partial charge in [-0.15, -0.1) is 0 Å². The molecule has 0 aliphatic heterocycles. The van der Waals surface area contributed by atoms with Crippen LogP contribution in [0.25, 0.3) is 11.0 Å². The highest BCUT2D eigenvalue weighted by atomic mass is 35.5. The van der Waals surface area contributed by atoms with E-state index in [4.69, 9.17) is 11.6 Å². The first kappa shape index (κ1) is 6.61. The minimum atomic E-state index is 0.505. The highest BCUT2D eigenvalue weighted by Crippen LogP contribution is 2.12. The van der Waals surface area contributed by atoms with E-state index in [1.165, 1.54) is 0 Å². The molecule has 0 aliphatic rings. The Bertz CT molecular complexity index is 393. The minimum Gasteiger partial charge on any atom is -0.273 e. The van der Waals surface area contributed by atoms with Crippen LogP contribution in [0.2, 0.25) is 5.15 Å². The van der Waals surface area contributed by atoms with E-state index in [9.17, 15) is 0 Å². The van der Waals surface area contributed by atoms with Gasteiger partial charge in [-0.2, -0.15) is 5.10 Å². The molecule has 0 amide bonds. The molecule has 0 spiro atoms. The number of aromatic nitrogens is 3. The summed E-state index contributed by atoms with van der Waals surface area (Å²) in [7, 11) is 1.86. The van der Waals surface area contributed by atoms with Gasteiger partial charge in [-0.1, -0.05) is 11.6 Å². The van der Waals surface area contributed by atoms with Crippen molar-refractivity contribution in [1.29, 1.82) is 0 Å². The number of pyridine rings is 1. The van der Waals surface area contributed by atoms with Crippen molar-refractivity contribution in [3.63, 3.8) is 0 Å². The van der Waals surface area contributed by atoms with E-state index in [1.807, 2.05) is 19.3 Å². The van der Waals surface area contributed by atoms with Gasteiger partial charge in [0.1, 0.15) is 16.2 Å². The monoisotopic (exact) mass is 167 g/mol. The van der Waals surface area contributed by atoms with Gasteiger partial charge in [-0.25, -0.2) is 4.98 Å². The van der Waals surface area contributed by atoms with E-state index >= 15 is 0 Å². The second-order valence-corrected chi connectivity index (χ2v) is 2.73. The lowest BCUT2D eigenvalue weighted by Crippen LogP contribution is -1.84. The molecular formula is C7H6ClN3. The van der Waals surface area contributed by atoms with Gasteiger partial charge in [0.15, 0.2) is 0 Å². The highest BCUT2D eigenvalue weighted by Gasteiger charge is 1.98. The van der Waals surface area contributed by atoms with E-state index in [2.05, 4.69) is 10.1 Å². The summed E-state index contributed by atoms with van der Waals surface area (Å²) in [5, 5.41) is 4.65. The first-order valence-electron chi connectivity index (χ1n) is 3.21. The van der Waals surface area contributed by atoms with Crippen molar-refractivity contribution in [2.24, 2.45) is 7.05 Å². The quantitative estimate of drug-likeness (QED) is 0.559. The molecule has 0 fully saturated rings. The molecule has 0 atom stereocenters.